The zero-order chi connectivity index (χ0) is 22.1. The summed E-state index contributed by atoms with van der Waals surface area (Å²) in [7, 11) is 3.26. The van der Waals surface area contributed by atoms with Crippen LogP contribution >= 0.6 is 0 Å². The van der Waals surface area contributed by atoms with E-state index in [1.54, 1.807) is 14.2 Å². The molecular weight excluding hydrogens is 398 g/mol. The number of likely N-dealkylation sites (tertiary alicyclic amines) is 1. The molecule has 9 heteroatoms. The van der Waals surface area contributed by atoms with Crippen LogP contribution in [-0.2, 0) is 24.4 Å². The van der Waals surface area contributed by atoms with Crippen LogP contribution in [0.25, 0.3) is 0 Å². The minimum Gasteiger partial charge on any atom is -0.493 e. The van der Waals surface area contributed by atoms with Crippen LogP contribution in [0.5, 0.6) is 11.5 Å². The predicted molar refractivity (Wildman–Crippen MR) is 114 cm³/mol. The van der Waals surface area contributed by atoms with E-state index >= 15 is 0 Å². The van der Waals surface area contributed by atoms with E-state index in [9.17, 15) is 9.90 Å². The Bertz CT molecular complexity index is 944. The summed E-state index contributed by atoms with van der Waals surface area (Å²) in [5.41, 5.74) is 0.994. The number of aromatic nitrogens is 3. The van der Waals surface area contributed by atoms with Gasteiger partial charge in [0.1, 0.15) is 0 Å². The van der Waals surface area contributed by atoms with E-state index in [0.717, 1.165) is 17.2 Å². The summed E-state index contributed by atoms with van der Waals surface area (Å²) < 4.78 is 13.1. The monoisotopic (exact) mass is 429 g/mol. The molecule has 0 saturated carbocycles. The van der Waals surface area contributed by atoms with Crippen LogP contribution in [0, 0.1) is 5.92 Å². The van der Waals surface area contributed by atoms with E-state index in [0.29, 0.717) is 50.6 Å². The number of carbonyl (C=O) groups is 1. The maximum absolute atomic E-state index is 12.4. The first-order chi connectivity index (χ1) is 14.9. The summed E-state index contributed by atoms with van der Waals surface area (Å²) >= 11 is 0. The average Bonchev–Trinajstić information content (AvgIpc) is 3.34. The molecule has 9 nitrogen and oxygen atoms in total. The molecule has 31 heavy (non-hydrogen) atoms. The van der Waals surface area contributed by atoms with Crippen molar-refractivity contribution >= 4 is 5.91 Å². The molecule has 2 aliphatic rings. The molecule has 1 fully saturated rings. The average molecular weight is 430 g/mol. The van der Waals surface area contributed by atoms with Crippen molar-refractivity contribution in [3.05, 3.63) is 35.4 Å². The number of carbonyl (C=O) groups excluding carboxylic acids is 1. The number of nitrogens with zero attached hydrogens (tertiary/aromatic N) is 5. The third-order valence-corrected chi connectivity index (χ3v) is 6.12. The molecule has 4 rings (SSSR count). The molecule has 2 aromatic rings. The van der Waals surface area contributed by atoms with Crippen molar-refractivity contribution in [2.45, 2.75) is 52.0 Å². The molecule has 0 aliphatic carbocycles. The lowest BCUT2D eigenvalue weighted by Crippen LogP contribution is -2.41. The molecule has 1 N–H and O–H groups in total. The topological polar surface area (TPSA) is 93.0 Å². The van der Waals surface area contributed by atoms with Gasteiger partial charge in [0.05, 0.1) is 32.9 Å². The van der Waals surface area contributed by atoms with Crippen molar-refractivity contribution in [3.63, 3.8) is 0 Å². The largest absolute Gasteiger partial charge is 0.493 e. The van der Waals surface area contributed by atoms with Gasteiger partial charge in [0.15, 0.2) is 23.1 Å². The second kappa shape index (κ2) is 8.84. The lowest BCUT2D eigenvalue weighted by atomic mass is 10.1. The van der Waals surface area contributed by atoms with Crippen molar-refractivity contribution < 1.29 is 19.4 Å². The van der Waals surface area contributed by atoms with E-state index < -0.39 is 6.10 Å². The van der Waals surface area contributed by atoms with Gasteiger partial charge in [0, 0.05) is 37.7 Å². The Labute approximate surface area is 182 Å². The van der Waals surface area contributed by atoms with Crippen LogP contribution in [-0.4, -0.2) is 69.0 Å². The molecule has 1 saturated heterocycles. The van der Waals surface area contributed by atoms with Crippen LogP contribution in [0.1, 0.15) is 43.5 Å². The van der Waals surface area contributed by atoms with Gasteiger partial charge in [-0.25, -0.2) is 0 Å². The predicted octanol–water partition coefficient (Wildman–Crippen LogP) is 1.60. The first-order valence-electron chi connectivity index (χ1n) is 10.8. The van der Waals surface area contributed by atoms with Crippen LogP contribution < -0.4 is 9.47 Å². The van der Waals surface area contributed by atoms with Gasteiger partial charge in [-0.3, -0.25) is 9.69 Å². The SMILES string of the molecule is COc1cccc(CN2C[C@@H](O)C[C@H]2c2nnc3n2CCN(C(=O)C(C)C)C3)c1OC. The Hall–Kier alpha value is -2.65. The van der Waals surface area contributed by atoms with Gasteiger partial charge in [-0.05, 0) is 12.5 Å². The Kier molecular flexibility index (Phi) is 6.15. The fraction of sp³-hybridized carbons (Fsp3) is 0.591. The number of hydrogen-bond acceptors (Lipinski definition) is 7. The number of β-amino-alcohol motifs (C(OH)–C–C–N with tert-alkyl or cyclic N) is 1. The van der Waals surface area contributed by atoms with Gasteiger partial charge in [-0.15, -0.1) is 10.2 Å². The van der Waals surface area contributed by atoms with Crippen molar-refractivity contribution in [2.24, 2.45) is 5.92 Å². The molecule has 1 amide bonds. The Morgan fingerprint density at radius 2 is 2.03 bits per heavy atom. The van der Waals surface area contributed by atoms with Gasteiger partial charge < -0.3 is 24.0 Å². The molecule has 2 atom stereocenters. The molecule has 168 valence electrons. The molecule has 1 aromatic heterocycles. The third-order valence-electron chi connectivity index (χ3n) is 6.12. The number of hydrogen-bond donors (Lipinski definition) is 1. The highest BCUT2D eigenvalue weighted by atomic mass is 16.5. The number of fused-ring (bicyclic) bond motifs is 1. The lowest BCUT2D eigenvalue weighted by molar-refractivity contribution is -0.136. The van der Waals surface area contributed by atoms with Crippen molar-refractivity contribution in [1.82, 2.24) is 24.6 Å². The zero-order valence-corrected chi connectivity index (χ0v) is 18.6. The number of benzene rings is 1. The van der Waals surface area contributed by atoms with Crippen LogP contribution in [0.4, 0.5) is 0 Å². The summed E-state index contributed by atoms with van der Waals surface area (Å²) in [6.07, 6.45) is 0.163. The normalized spacial score (nSPS) is 21.4. The third kappa shape index (κ3) is 4.12. The van der Waals surface area contributed by atoms with Gasteiger partial charge in [0.25, 0.3) is 0 Å². The van der Waals surface area contributed by atoms with E-state index in [1.165, 1.54) is 0 Å². The van der Waals surface area contributed by atoms with E-state index in [4.69, 9.17) is 9.47 Å². The fourth-order valence-corrected chi connectivity index (χ4v) is 4.60. The second-order valence-electron chi connectivity index (χ2n) is 8.53. The molecule has 1 aromatic carbocycles. The molecular formula is C22H31N5O4. The Balaban J connectivity index is 1.57. The molecule has 0 bridgehead atoms. The number of para-hydroxylation sites is 1. The van der Waals surface area contributed by atoms with Gasteiger partial charge in [-0.2, -0.15) is 0 Å². The number of ether oxygens (including phenoxy) is 2. The standard InChI is InChI=1S/C22H31N5O4/c1-14(2)22(29)25-8-9-27-19(13-25)23-24-21(27)17-10-16(28)12-26(17)11-15-6-5-7-18(30-3)20(15)31-4/h5-7,14,16-17,28H,8-13H2,1-4H3/t16-,17-/m0/s1. The number of aliphatic hydroxyl groups excluding tert-OH is 1. The lowest BCUT2D eigenvalue weighted by Gasteiger charge is -2.31. The van der Waals surface area contributed by atoms with Crippen molar-refractivity contribution in [1.29, 1.82) is 0 Å². The summed E-state index contributed by atoms with van der Waals surface area (Å²) in [5.74, 6) is 3.15. The number of methoxy groups -OCH3 is 2. The Morgan fingerprint density at radius 3 is 2.74 bits per heavy atom. The Morgan fingerprint density at radius 1 is 1.23 bits per heavy atom. The number of rotatable bonds is 6. The quantitative estimate of drug-likeness (QED) is 0.746. The molecule has 2 aliphatic heterocycles. The van der Waals surface area contributed by atoms with Gasteiger partial charge in [0.2, 0.25) is 5.91 Å². The van der Waals surface area contributed by atoms with Gasteiger partial charge >= 0.3 is 0 Å². The first-order valence-corrected chi connectivity index (χ1v) is 10.8. The summed E-state index contributed by atoms with van der Waals surface area (Å²) in [6.45, 7) is 6.76. The first kappa shape index (κ1) is 21.6. The number of aliphatic hydroxyl groups is 1. The van der Waals surface area contributed by atoms with Crippen LogP contribution in [0.15, 0.2) is 18.2 Å². The highest BCUT2D eigenvalue weighted by Gasteiger charge is 2.37. The minimum absolute atomic E-state index is 0.0349. The highest BCUT2D eigenvalue weighted by molar-refractivity contribution is 5.78. The van der Waals surface area contributed by atoms with Gasteiger partial charge in [-0.1, -0.05) is 26.0 Å². The second-order valence-corrected chi connectivity index (χ2v) is 8.53. The minimum atomic E-state index is -0.433. The van der Waals surface area contributed by atoms with Crippen LogP contribution in [0.2, 0.25) is 0 Å². The maximum Gasteiger partial charge on any atom is 0.225 e. The molecule has 0 radical (unpaired) electrons. The van der Waals surface area contributed by atoms with E-state index in [-0.39, 0.29) is 17.9 Å². The van der Waals surface area contributed by atoms with E-state index in [2.05, 4.69) is 19.7 Å². The number of amides is 1. The van der Waals surface area contributed by atoms with Crippen molar-refractivity contribution in [2.75, 3.05) is 27.3 Å². The highest BCUT2D eigenvalue weighted by Crippen LogP contribution is 2.37. The summed E-state index contributed by atoms with van der Waals surface area (Å²) in [4.78, 5) is 16.4. The van der Waals surface area contributed by atoms with E-state index in [1.807, 2.05) is 36.9 Å². The molecule has 0 spiro atoms. The fourth-order valence-electron chi connectivity index (χ4n) is 4.60. The maximum atomic E-state index is 12.4. The smallest absolute Gasteiger partial charge is 0.225 e. The molecule has 3 heterocycles. The zero-order valence-electron chi connectivity index (χ0n) is 18.6. The van der Waals surface area contributed by atoms with Crippen molar-refractivity contribution in [3.8, 4) is 11.5 Å². The summed E-state index contributed by atoms with van der Waals surface area (Å²) in [6, 6.07) is 5.77. The summed E-state index contributed by atoms with van der Waals surface area (Å²) in [5, 5.41) is 19.3. The van der Waals surface area contributed by atoms with Crippen LogP contribution in [0.3, 0.4) is 0 Å². The molecule has 0 unspecified atom stereocenters.